The summed E-state index contributed by atoms with van der Waals surface area (Å²) in [4.78, 5) is 1.22. The molecule has 0 aromatic heterocycles. The predicted molar refractivity (Wildman–Crippen MR) is 79.1 cm³/mol. The van der Waals surface area contributed by atoms with Gasteiger partial charge < -0.3 is 0 Å². The van der Waals surface area contributed by atoms with Crippen LogP contribution in [-0.2, 0) is 14.3 Å². The lowest BCUT2D eigenvalue weighted by molar-refractivity contribution is 0.138. The zero-order valence-corrected chi connectivity index (χ0v) is 13.0. The molecule has 0 aliphatic heterocycles. The topological polar surface area (TPSA) is 43.4 Å². The molecule has 2 unspecified atom stereocenters. The normalized spacial score (nSPS) is 24.3. The first kappa shape index (κ1) is 14.9. The molecule has 1 saturated carbocycles. The van der Waals surface area contributed by atoms with E-state index in [1.165, 1.54) is 10.5 Å². The summed E-state index contributed by atoms with van der Waals surface area (Å²) in [6.07, 6.45) is 6.98. The van der Waals surface area contributed by atoms with Crippen LogP contribution >= 0.6 is 11.8 Å². The molecule has 0 bridgehead atoms. The molecule has 1 fully saturated rings. The van der Waals surface area contributed by atoms with Crippen molar-refractivity contribution in [3.8, 4) is 0 Å². The van der Waals surface area contributed by atoms with E-state index in [-0.39, 0.29) is 12.0 Å². The lowest BCUT2D eigenvalue weighted by Gasteiger charge is -2.30. The maximum absolute atomic E-state index is 11.4. The number of rotatable bonds is 4. The van der Waals surface area contributed by atoms with Crippen LogP contribution in [0, 0.1) is 0 Å². The SMILES string of the molecule is CSc1ccc(C2CCCCC2OS(C)(=O)=O)cc1. The van der Waals surface area contributed by atoms with E-state index >= 15 is 0 Å². The van der Waals surface area contributed by atoms with Gasteiger partial charge in [-0.05, 0) is 36.8 Å². The lowest BCUT2D eigenvalue weighted by Crippen LogP contribution is -2.28. The summed E-state index contributed by atoms with van der Waals surface area (Å²) in [7, 11) is -3.38. The lowest BCUT2D eigenvalue weighted by atomic mass is 9.82. The van der Waals surface area contributed by atoms with Crippen LogP contribution in [0.5, 0.6) is 0 Å². The minimum atomic E-state index is -3.38. The second-order valence-corrected chi connectivity index (χ2v) is 7.48. The van der Waals surface area contributed by atoms with Crippen LogP contribution in [0.1, 0.15) is 37.2 Å². The summed E-state index contributed by atoms with van der Waals surface area (Å²) < 4.78 is 28.0. The first-order valence-corrected chi connectivity index (χ1v) is 9.56. The van der Waals surface area contributed by atoms with Gasteiger partial charge in [-0.3, -0.25) is 4.18 Å². The van der Waals surface area contributed by atoms with Gasteiger partial charge in [-0.1, -0.05) is 25.0 Å². The minimum Gasteiger partial charge on any atom is -0.266 e. The molecule has 19 heavy (non-hydrogen) atoms. The Kier molecular flexibility index (Phi) is 4.92. The number of hydrogen-bond donors (Lipinski definition) is 0. The van der Waals surface area contributed by atoms with Gasteiger partial charge in [0.1, 0.15) is 0 Å². The summed E-state index contributed by atoms with van der Waals surface area (Å²) in [6.45, 7) is 0. The molecule has 1 aliphatic carbocycles. The zero-order valence-electron chi connectivity index (χ0n) is 11.3. The molecule has 0 heterocycles. The summed E-state index contributed by atoms with van der Waals surface area (Å²) in [5, 5.41) is 0. The molecule has 1 aliphatic rings. The van der Waals surface area contributed by atoms with E-state index < -0.39 is 10.1 Å². The van der Waals surface area contributed by atoms with Crippen LogP contribution in [0.25, 0.3) is 0 Å². The maximum atomic E-state index is 11.4. The molecule has 0 radical (unpaired) electrons. The monoisotopic (exact) mass is 300 g/mol. The maximum Gasteiger partial charge on any atom is 0.264 e. The quantitative estimate of drug-likeness (QED) is 0.631. The molecule has 2 rings (SSSR count). The molecule has 3 nitrogen and oxygen atoms in total. The summed E-state index contributed by atoms with van der Waals surface area (Å²) in [6, 6.07) is 8.37. The Morgan fingerprint density at radius 2 is 1.79 bits per heavy atom. The molecule has 5 heteroatoms. The third kappa shape index (κ3) is 4.23. The van der Waals surface area contributed by atoms with Crippen molar-refractivity contribution < 1.29 is 12.6 Å². The third-order valence-electron chi connectivity index (χ3n) is 3.54. The molecule has 106 valence electrons. The van der Waals surface area contributed by atoms with Gasteiger partial charge >= 0.3 is 0 Å². The summed E-state index contributed by atoms with van der Waals surface area (Å²) >= 11 is 1.71. The Labute approximate surface area is 119 Å². The van der Waals surface area contributed by atoms with E-state index in [0.717, 1.165) is 31.9 Å². The van der Waals surface area contributed by atoms with E-state index in [2.05, 4.69) is 24.3 Å². The van der Waals surface area contributed by atoms with E-state index in [1.54, 1.807) is 11.8 Å². The van der Waals surface area contributed by atoms with Crippen molar-refractivity contribution in [2.75, 3.05) is 12.5 Å². The highest BCUT2D eigenvalue weighted by Crippen LogP contribution is 2.36. The van der Waals surface area contributed by atoms with Gasteiger partial charge in [-0.25, -0.2) is 0 Å². The standard InChI is InChI=1S/C14H20O3S2/c1-18-12-9-7-11(8-10-12)13-5-3-4-6-14(13)17-19(2,15)16/h7-10,13-14H,3-6H2,1-2H3. The van der Waals surface area contributed by atoms with Crippen molar-refractivity contribution in [2.45, 2.75) is 42.6 Å². The van der Waals surface area contributed by atoms with Crippen LogP contribution in [-0.4, -0.2) is 27.0 Å². The first-order chi connectivity index (χ1) is 8.99. The van der Waals surface area contributed by atoms with Crippen LogP contribution in [0.3, 0.4) is 0 Å². The molecule has 0 N–H and O–H groups in total. The average molecular weight is 300 g/mol. The summed E-state index contributed by atoms with van der Waals surface area (Å²) in [5.74, 6) is 0.194. The van der Waals surface area contributed by atoms with Crippen molar-refractivity contribution in [1.82, 2.24) is 0 Å². The fourth-order valence-corrected chi connectivity index (χ4v) is 3.76. The Bertz CT molecular complexity index is 508. The van der Waals surface area contributed by atoms with Crippen molar-refractivity contribution >= 4 is 21.9 Å². The van der Waals surface area contributed by atoms with Crippen molar-refractivity contribution in [3.05, 3.63) is 29.8 Å². The van der Waals surface area contributed by atoms with E-state index in [0.29, 0.717) is 0 Å². The molecule has 0 spiro atoms. The zero-order chi connectivity index (χ0) is 13.9. The van der Waals surface area contributed by atoms with Crippen LogP contribution in [0.4, 0.5) is 0 Å². The van der Waals surface area contributed by atoms with Gasteiger partial charge in [0.25, 0.3) is 10.1 Å². The summed E-state index contributed by atoms with van der Waals surface area (Å²) in [5.41, 5.74) is 1.19. The van der Waals surface area contributed by atoms with E-state index in [1.807, 2.05) is 6.26 Å². The highest BCUT2D eigenvalue weighted by Gasteiger charge is 2.29. The molecule has 0 saturated heterocycles. The fraction of sp³-hybridized carbons (Fsp3) is 0.571. The minimum absolute atomic E-state index is 0.194. The van der Waals surface area contributed by atoms with Crippen molar-refractivity contribution in [2.24, 2.45) is 0 Å². The highest BCUT2D eigenvalue weighted by molar-refractivity contribution is 7.98. The van der Waals surface area contributed by atoms with Gasteiger partial charge in [0, 0.05) is 10.8 Å². The van der Waals surface area contributed by atoms with Gasteiger partial charge in [0.2, 0.25) is 0 Å². The van der Waals surface area contributed by atoms with E-state index in [4.69, 9.17) is 4.18 Å². The Hall–Kier alpha value is -0.520. The molecule has 1 aromatic carbocycles. The first-order valence-electron chi connectivity index (χ1n) is 6.52. The van der Waals surface area contributed by atoms with Crippen LogP contribution < -0.4 is 0 Å². The Balaban J connectivity index is 2.18. The smallest absolute Gasteiger partial charge is 0.264 e. The molecule has 1 aromatic rings. The number of benzene rings is 1. The van der Waals surface area contributed by atoms with Crippen molar-refractivity contribution in [3.63, 3.8) is 0 Å². The molecular weight excluding hydrogens is 280 g/mol. The number of hydrogen-bond acceptors (Lipinski definition) is 4. The second-order valence-electron chi connectivity index (χ2n) is 5.00. The van der Waals surface area contributed by atoms with Gasteiger partial charge in [-0.2, -0.15) is 8.42 Å². The molecule has 2 atom stereocenters. The van der Waals surface area contributed by atoms with Crippen LogP contribution in [0.2, 0.25) is 0 Å². The predicted octanol–water partition coefficient (Wildman–Crippen LogP) is 3.41. The van der Waals surface area contributed by atoms with Crippen molar-refractivity contribution in [1.29, 1.82) is 0 Å². The largest absolute Gasteiger partial charge is 0.266 e. The fourth-order valence-electron chi connectivity index (χ4n) is 2.67. The second kappa shape index (κ2) is 6.29. The van der Waals surface area contributed by atoms with Gasteiger partial charge in [0.15, 0.2) is 0 Å². The molecular formula is C14H20O3S2. The van der Waals surface area contributed by atoms with Crippen LogP contribution in [0.15, 0.2) is 29.2 Å². The third-order valence-corrected chi connectivity index (χ3v) is 4.89. The Morgan fingerprint density at radius 1 is 1.16 bits per heavy atom. The van der Waals surface area contributed by atoms with Gasteiger partial charge in [-0.15, -0.1) is 11.8 Å². The highest BCUT2D eigenvalue weighted by atomic mass is 32.2. The number of thioether (sulfide) groups is 1. The van der Waals surface area contributed by atoms with E-state index in [9.17, 15) is 8.42 Å². The molecule has 0 amide bonds. The van der Waals surface area contributed by atoms with Gasteiger partial charge in [0.05, 0.1) is 12.4 Å². The average Bonchev–Trinajstić information content (AvgIpc) is 2.38. The Morgan fingerprint density at radius 3 is 2.37 bits per heavy atom.